The predicted molar refractivity (Wildman–Crippen MR) is 84.2 cm³/mol. The van der Waals surface area contributed by atoms with Crippen molar-refractivity contribution in [2.75, 3.05) is 27.3 Å². The number of aliphatic hydroxyl groups excluding tert-OH is 1. The van der Waals surface area contributed by atoms with E-state index in [1.165, 1.54) is 20.6 Å². The first-order chi connectivity index (χ1) is 10.2. The average Bonchev–Trinajstić information content (AvgIpc) is 2.44. The molecule has 1 saturated heterocycles. The van der Waals surface area contributed by atoms with Gasteiger partial charge in [0.25, 0.3) is 0 Å². The molecule has 1 amide bonds. The van der Waals surface area contributed by atoms with Crippen LogP contribution in [0.25, 0.3) is 0 Å². The molecule has 1 aliphatic carbocycles. The highest BCUT2D eigenvalue weighted by Crippen LogP contribution is 2.42. The molecule has 5 nitrogen and oxygen atoms in total. The maximum Gasteiger partial charge on any atom is 0.225 e. The highest BCUT2D eigenvalue weighted by Gasteiger charge is 2.46. The summed E-state index contributed by atoms with van der Waals surface area (Å²) >= 11 is 0. The van der Waals surface area contributed by atoms with Crippen LogP contribution in [0, 0.1) is 17.3 Å². The molecule has 128 valence electrons. The van der Waals surface area contributed by atoms with E-state index in [0.717, 1.165) is 12.8 Å². The van der Waals surface area contributed by atoms with Gasteiger partial charge in [-0.15, -0.1) is 0 Å². The fourth-order valence-corrected chi connectivity index (χ4v) is 4.45. The minimum Gasteiger partial charge on any atom is -0.386 e. The number of amides is 1. The molecule has 3 unspecified atom stereocenters. The molecule has 0 bridgehead atoms. The van der Waals surface area contributed by atoms with Crippen LogP contribution < -0.4 is 0 Å². The molecule has 1 N–H and O–H groups in total. The van der Waals surface area contributed by atoms with Crippen LogP contribution in [0.1, 0.15) is 46.5 Å². The van der Waals surface area contributed by atoms with E-state index in [0.29, 0.717) is 18.9 Å². The van der Waals surface area contributed by atoms with E-state index >= 15 is 0 Å². The second-order valence-corrected chi connectivity index (χ2v) is 7.88. The van der Waals surface area contributed by atoms with Crippen LogP contribution in [0.15, 0.2) is 0 Å². The molecule has 1 aliphatic heterocycles. The van der Waals surface area contributed by atoms with Crippen LogP contribution in [-0.2, 0) is 14.3 Å². The Morgan fingerprint density at radius 2 is 1.86 bits per heavy atom. The number of methoxy groups -OCH3 is 2. The fraction of sp³-hybridized carbons (Fsp3) is 0.941. The number of piperidine rings is 1. The van der Waals surface area contributed by atoms with E-state index in [4.69, 9.17) is 9.47 Å². The second kappa shape index (κ2) is 6.46. The van der Waals surface area contributed by atoms with Crippen molar-refractivity contribution in [2.24, 2.45) is 17.3 Å². The maximum absolute atomic E-state index is 12.9. The summed E-state index contributed by atoms with van der Waals surface area (Å²) < 4.78 is 10.7. The van der Waals surface area contributed by atoms with Gasteiger partial charge in [-0.2, -0.15) is 0 Å². The first-order valence-electron chi connectivity index (χ1n) is 8.30. The summed E-state index contributed by atoms with van der Waals surface area (Å²) in [6, 6.07) is 0. The number of nitrogens with zero attached hydrogens (tertiary/aromatic N) is 1. The topological polar surface area (TPSA) is 59.0 Å². The number of β-amino-alcohol motifs (C(OH)–C–C–N with tert-alkyl or cyclic N) is 1. The molecule has 0 aromatic carbocycles. The summed E-state index contributed by atoms with van der Waals surface area (Å²) in [6.07, 6.45) is 2.75. The minimum absolute atomic E-state index is 0.0727. The summed E-state index contributed by atoms with van der Waals surface area (Å²) in [6.45, 7) is 7.57. The first kappa shape index (κ1) is 17.7. The van der Waals surface area contributed by atoms with E-state index in [1.54, 1.807) is 4.90 Å². The molecule has 2 aliphatic rings. The van der Waals surface area contributed by atoms with Crippen molar-refractivity contribution in [3.8, 4) is 0 Å². The monoisotopic (exact) mass is 313 g/mol. The van der Waals surface area contributed by atoms with Gasteiger partial charge in [0.15, 0.2) is 5.79 Å². The lowest BCUT2D eigenvalue weighted by Crippen LogP contribution is -2.59. The Hall–Kier alpha value is -0.650. The van der Waals surface area contributed by atoms with Crippen LogP contribution in [0.4, 0.5) is 0 Å². The van der Waals surface area contributed by atoms with Gasteiger partial charge in [0.2, 0.25) is 5.91 Å². The molecule has 2 rings (SSSR count). The third-order valence-corrected chi connectivity index (χ3v) is 5.37. The van der Waals surface area contributed by atoms with Crippen molar-refractivity contribution in [1.29, 1.82) is 0 Å². The quantitative estimate of drug-likeness (QED) is 0.810. The Labute approximate surface area is 134 Å². The fourth-order valence-electron chi connectivity index (χ4n) is 4.45. The van der Waals surface area contributed by atoms with Gasteiger partial charge in [0, 0.05) is 33.1 Å². The molecule has 1 heterocycles. The SMILES string of the molecule is COC1(OC)CCN(C(=O)C2CC(C)CC(C)(C)C2)CC1O. The Morgan fingerprint density at radius 3 is 2.36 bits per heavy atom. The Morgan fingerprint density at radius 1 is 1.23 bits per heavy atom. The first-order valence-corrected chi connectivity index (χ1v) is 8.30. The molecule has 3 atom stereocenters. The highest BCUT2D eigenvalue weighted by atomic mass is 16.7. The zero-order valence-corrected chi connectivity index (χ0v) is 14.6. The molecular formula is C17H31NO4. The molecule has 5 heteroatoms. The van der Waals surface area contributed by atoms with Crippen molar-refractivity contribution >= 4 is 5.91 Å². The molecule has 0 spiro atoms. The number of carbonyl (C=O) groups is 1. The molecular weight excluding hydrogens is 282 g/mol. The largest absolute Gasteiger partial charge is 0.386 e. The van der Waals surface area contributed by atoms with Crippen molar-refractivity contribution in [3.05, 3.63) is 0 Å². The molecule has 22 heavy (non-hydrogen) atoms. The molecule has 0 aromatic heterocycles. The number of hydrogen-bond acceptors (Lipinski definition) is 4. The second-order valence-electron chi connectivity index (χ2n) is 7.88. The average molecular weight is 313 g/mol. The number of likely N-dealkylation sites (tertiary alicyclic amines) is 1. The van der Waals surface area contributed by atoms with Gasteiger partial charge in [-0.05, 0) is 30.6 Å². The lowest BCUT2D eigenvalue weighted by atomic mass is 9.67. The third kappa shape index (κ3) is 3.47. The summed E-state index contributed by atoms with van der Waals surface area (Å²) in [5.41, 5.74) is 0.217. The smallest absolute Gasteiger partial charge is 0.225 e. The van der Waals surface area contributed by atoms with Crippen molar-refractivity contribution in [2.45, 2.75) is 58.3 Å². The third-order valence-electron chi connectivity index (χ3n) is 5.37. The summed E-state index contributed by atoms with van der Waals surface area (Å²) in [7, 11) is 3.07. The van der Waals surface area contributed by atoms with Gasteiger partial charge in [-0.1, -0.05) is 20.8 Å². The van der Waals surface area contributed by atoms with Crippen LogP contribution in [0.2, 0.25) is 0 Å². The Balaban J connectivity index is 2.02. The summed E-state index contributed by atoms with van der Waals surface area (Å²) in [5.74, 6) is -0.150. The lowest BCUT2D eigenvalue weighted by Gasteiger charge is -2.45. The van der Waals surface area contributed by atoms with Crippen molar-refractivity contribution in [1.82, 2.24) is 4.90 Å². The van der Waals surface area contributed by atoms with E-state index in [2.05, 4.69) is 20.8 Å². The maximum atomic E-state index is 12.9. The van der Waals surface area contributed by atoms with Crippen molar-refractivity contribution < 1.29 is 19.4 Å². The van der Waals surface area contributed by atoms with Gasteiger partial charge >= 0.3 is 0 Å². The standard InChI is InChI=1S/C17H31NO4/c1-12-8-13(10-16(2,3)9-12)15(20)18-7-6-17(21-4,22-5)14(19)11-18/h12-14,19H,6-11H2,1-5H3. The number of hydrogen-bond donors (Lipinski definition) is 1. The normalized spacial score (nSPS) is 34.5. The molecule has 0 radical (unpaired) electrons. The summed E-state index contributed by atoms with van der Waals surface area (Å²) in [4.78, 5) is 14.6. The zero-order valence-electron chi connectivity index (χ0n) is 14.6. The van der Waals surface area contributed by atoms with E-state index < -0.39 is 11.9 Å². The number of rotatable bonds is 3. The molecule has 0 aromatic rings. The Kier molecular flexibility index (Phi) is 5.20. The van der Waals surface area contributed by atoms with E-state index in [1.807, 2.05) is 0 Å². The van der Waals surface area contributed by atoms with Crippen LogP contribution in [0.5, 0.6) is 0 Å². The minimum atomic E-state index is -0.976. The Bertz CT molecular complexity index is 405. The number of carbonyl (C=O) groups excluding carboxylic acids is 1. The molecule has 2 fully saturated rings. The van der Waals surface area contributed by atoms with Gasteiger partial charge in [-0.25, -0.2) is 0 Å². The van der Waals surface area contributed by atoms with Crippen molar-refractivity contribution in [3.63, 3.8) is 0 Å². The van der Waals surface area contributed by atoms with Crippen LogP contribution in [0.3, 0.4) is 0 Å². The number of ether oxygens (including phenoxy) is 2. The predicted octanol–water partition coefficient (Wildman–Crippen LogP) is 2.03. The number of aliphatic hydroxyl groups is 1. The van der Waals surface area contributed by atoms with E-state index in [9.17, 15) is 9.90 Å². The zero-order chi connectivity index (χ0) is 16.5. The summed E-state index contributed by atoms with van der Waals surface area (Å²) in [5, 5.41) is 10.3. The van der Waals surface area contributed by atoms with Gasteiger partial charge < -0.3 is 19.5 Å². The lowest BCUT2D eigenvalue weighted by molar-refractivity contribution is -0.277. The van der Waals surface area contributed by atoms with Gasteiger partial charge in [-0.3, -0.25) is 4.79 Å². The van der Waals surface area contributed by atoms with Crippen LogP contribution >= 0.6 is 0 Å². The highest BCUT2D eigenvalue weighted by molar-refractivity contribution is 5.79. The van der Waals surface area contributed by atoms with E-state index in [-0.39, 0.29) is 23.8 Å². The van der Waals surface area contributed by atoms with Gasteiger partial charge in [0.1, 0.15) is 6.10 Å². The van der Waals surface area contributed by atoms with Crippen LogP contribution in [-0.4, -0.2) is 55.1 Å². The molecule has 1 saturated carbocycles. The van der Waals surface area contributed by atoms with Gasteiger partial charge in [0.05, 0.1) is 6.54 Å².